The molecule has 3 aromatic rings. The number of hydrogen-bond acceptors (Lipinski definition) is 3. The highest BCUT2D eigenvalue weighted by Crippen LogP contribution is 2.30. The fourth-order valence-corrected chi connectivity index (χ4v) is 2.51. The molecule has 0 fully saturated rings. The molecule has 0 saturated carbocycles. The third-order valence-electron chi connectivity index (χ3n) is 2.38. The lowest BCUT2D eigenvalue weighted by molar-refractivity contribution is 1.20. The first-order chi connectivity index (χ1) is 7.75. The minimum Gasteiger partial charge on any atom is -0.383 e. The Morgan fingerprint density at radius 1 is 1.38 bits per heavy atom. The maximum absolute atomic E-state index is 6.04. The number of halogens is 1. The molecule has 0 atom stereocenters. The van der Waals surface area contributed by atoms with Crippen molar-refractivity contribution in [2.75, 3.05) is 5.73 Å². The average molecular weight is 250 g/mol. The molecule has 0 saturated heterocycles. The van der Waals surface area contributed by atoms with Gasteiger partial charge in [0.1, 0.15) is 17.2 Å². The van der Waals surface area contributed by atoms with Crippen molar-refractivity contribution in [3.8, 4) is 10.6 Å². The van der Waals surface area contributed by atoms with Gasteiger partial charge in [-0.05, 0) is 17.5 Å². The van der Waals surface area contributed by atoms with Gasteiger partial charge in [-0.3, -0.25) is 4.40 Å². The second kappa shape index (κ2) is 3.50. The molecule has 3 aromatic heterocycles. The Kier molecular flexibility index (Phi) is 2.12. The van der Waals surface area contributed by atoms with Gasteiger partial charge in [-0.25, -0.2) is 4.98 Å². The summed E-state index contributed by atoms with van der Waals surface area (Å²) in [4.78, 5) is 5.55. The van der Waals surface area contributed by atoms with Gasteiger partial charge in [0.15, 0.2) is 0 Å². The van der Waals surface area contributed by atoms with Crippen molar-refractivity contribution in [3.63, 3.8) is 0 Å². The van der Waals surface area contributed by atoms with Crippen LogP contribution in [0.15, 0.2) is 35.8 Å². The lowest BCUT2D eigenvalue weighted by atomic mass is 10.3. The standard InChI is InChI=1S/C11H8ClN3S/c12-7-3-4-15-9(6-7)14-10(11(15)13)8-2-1-5-16-8/h1-6H,13H2. The van der Waals surface area contributed by atoms with Gasteiger partial charge >= 0.3 is 0 Å². The van der Waals surface area contributed by atoms with Crippen molar-refractivity contribution < 1.29 is 0 Å². The first-order valence-electron chi connectivity index (χ1n) is 4.72. The van der Waals surface area contributed by atoms with E-state index >= 15 is 0 Å². The van der Waals surface area contributed by atoms with E-state index in [1.165, 1.54) is 0 Å². The van der Waals surface area contributed by atoms with Crippen LogP contribution in [0.4, 0.5) is 5.82 Å². The van der Waals surface area contributed by atoms with E-state index in [0.29, 0.717) is 10.8 Å². The molecule has 0 aliphatic carbocycles. The quantitative estimate of drug-likeness (QED) is 0.719. The molecule has 0 radical (unpaired) electrons. The second-order valence-corrected chi connectivity index (χ2v) is 4.78. The number of anilines is 1. The predicted molar refractivity (Wildman–Crippen MR) is 67.9 cm³/mol. The number of pyridine rings is 1. The fourth-order valence-electron chi connectivity index (χ4n) is 1.63. The number of nitrogens with zero attached hydrogens (tertiary/aromatic N) is 2. The summed E-state index contributed by atoms with van der Waals surface area (Å²) in [7, 11) is 0. The minimum atomic E-state index is 0.647. The Morgan fingerprint density at radius 2 is 2.25 bits per heavy atom. The third-order valence-corrected chi connectivity index (χ3v) is 3.49. The van der Waals surface area contributed by atoms with E-state index in [1.54, 1.807) is 23.5 Å². The van der Waals surface area contributed by atoms with Gasteiger partial charge < -0.3 is 5.73 Å². The first-order valence-corrected chi connectivity index (χ1v) is 5.98. The molecule has 0 amide bonds. The van der Waals surface area contributed by atoms with E-state index in [0.717, 1.165) is 16.2 Å². The summed E-state index contributed by atoms with van der Waals surface area (Å²) in [6.45, 7) is 0. The topological polar surface area (TPSA) is 43.3 Å². The molecule has 0 aromatic carbocycles. The largest absolute Gasteiger partial charge is 0.383 e. The molecule has 5 heteroatoms. The Hall–Kier alpha value is -1.52. The maximum Gasteiger partial charge on any atom is 0.140 e. The minimum absolute atomic E-state index is 0.647. The van der Waals surface area contributed by atoms with Crippen LogP contribution in [0, 0.1) is 0 Å². The van der Waals surface area contributed by atoms with E-state index in [-0.39, 0.29) is 0 Å². The number of rotatable bonds is 1. The summed E-state index contributed by atoms with van der Waals surface area (Å²) in [6, 6.07) is 7.58. The Bertz CT molecular complexity index is 643. The van der Waals surface area contributed by atoms with Crippen LogP contribution < -0.4 is 5.73 Å². The second-order valence-electron chi connectivity index (χ2n) is 3.40. The van der Waals surface area contributed by atoms with Crippen LogP contribution in [0.25, 0.3) is 16.2 Å². The predicted octanol–water partition coefficient (Wildman–Crippen LogP) is 3.30. The molecular formula is C11H8ClN3S. The van der Waals surface area contributed by atoms with Gasteiger partial charge in [0.25, 0.3) is 0 Å². The molecule has 16 heavy (non-hydrogen) atoms. The normalized spacial score (nSPS) is 11.1. The van der Waals surface area contributed by atoms with Crippen LogP contribution in [0.3, 0.4) is 0 Å². The molecular weight excluding hydrogens is 242 g/mol. The van der Waals surface area contributed by atoms with E-state index in [1.807, 2.05) is 28.1 Å². The summed E-state index contributed by atoms with van der Waals surface area (Å²) in [5.41, 5.74) is 7.63. The Labute approximate surface area is 101 Å². The summed E-state index contributed by atoms with van der Waals surface area (Å²) >= 11 is 7.53. The van der Waals surface area contributed by atoms with Gasteiger partial charge in [0, 0.05) is 17.3 Å². The molecule has 0 bridgehead atoms. The van der Waals surface area contributed by atoms with Crippen LogP contribution in [0.1, 0.15) is 0 Å². The van der Waals surface area contributed by atoms with Crippen molar-refractivity contribution in [1.29, 1.82) is 0 Å². The molecule has 2 N–H and O–H groups in total. The van der Waals surface area contributed by atoms with Crippen molar-refractivity contribution in [2.24, 2.45) is 0 Å². The highest BCUT2D eigenvalue weighted by molar-refractivity contribution is 7.13. The Morgan fingerprint density at radius 3 is 3.00 bits per heavy atom. The molecule has 3 nitrogen and oxygen atoms in total. The van der Waals surface area contributed by atoms with Crippen LogP contribution in [-0.4, -0.2) is 9.38 Å². The van der Waals surface area contributed by atoms with Crippen molar-refractivity contribution in [3.05, 3.63) is 40.9 Å². The highest BCUT2D eigenvalue weighted by atomic mass is 35.5. The average Bonchev–Trinajstić information content (AvgIpc) is 2.86. The zero-order chi connectivity index (χ0) is 11.1. The highest BCUT2D eigenvalue weighted by Gasteiger charge is 2.11. The number of hydrogen-bond donors (Lipinski definition) is 1. The van der Waals surface area contributed by atoms with Crippen molar-refractivity contribution in [1.82, 2.24) is 9.38 Å². The van der Waals surface area contributed by atoms with E-state index in [4.69, 9.17) is 17.3 Å². The monoisotopic (exact) mass is 249 g/mol. The lowest BCUT2D eigenvalue weighted by Crippen LogP contribution is -1.92. The summed E-state index contributed by atoms with van der Waals surface area (Å²) < 4.78 is 1.83. The third kappa shape index (κ3) is 1.38. The van der Waals surface area contributed by atoms with Gasteiger partial charge in [-0.2, -0.15) is 0 Å². The van der Waals surface area contributed by atoms with Crippen molar-refractivity contribution >= 4 is 34.4 Å². The molecule has 0 aliphatic rings. The fraction of sp³-hybridized carbons (Fsp3) is 0. The molecule has 3 rings (SSSR count). The van der Waals surface area contributed by atoms with Gasteiger partial charge in [-0.1, -0.05) is 17.7 Å². The van der Waals surface area contributed by atoms with E-state index in [2.05, 4.69) is 4.98 Å². The van der Waals surface area contributed by atoms with Gasteiger partial charge in [-0.15, -0.1) is 11.3 Å². The smallest absolute Gasteiger partial charge is 0.140 e. The zero-order valence-corrected chi connectivity index (χ0v) is 9.79. The number of nitrogens with two attached hydrogens (primary N) is 1. The number of thiophene rings is 1. The van der Waals surface area contributed by atoms with Crippen LogP contribution >= 0.6 is 22.9 Å². The molecule has 80 valence electrons. The van der Waals surface area contributed by atoms with Crippen LogP contribution in [-0.2, 0) is 0 Å². The molecule has 3 heterocycles. The molecule has 0 spiro atoms. The maximum atomic E-state index is 6.04. The van der Waals surface area contributed by atoms with Gasteiger partial charge in [0.2, 0.25) is 0 Å². The molecule has 0 unspecified atom stereocenters. The zero-order valence-electron chi connectivity index (χ0n) is 8.22. The first kappa shape index (κ1) is 9.69. The Balaban J connectivity index is 2.31. The number of aromatic nitrogens is 2. The number of fused-ring (bicyclic) bond motifs is 1. The SMILES string of the molecule is Nc1c(-c2cccs2)nc2cc(Cl)ccn12. The lowest BCUT2D eigenvalue weighted by Gasteiger charge is -1.96. The van der Waals surface area contributed by atoms with Crippen LogP contribution in [0.5, 0.6) is 0 Å². The van der Waals surface area contributed by atoms with Crippen LogP contribution in [0.2, 0.25) is 5.02 Å². The molecule has 0 aliphatic heterocycles. The number of nitrogen functional groups attached to an aromatic ring is 1. The van der Waals surface area contributed by atoms with Crippen molar-refractivity contribution in [2.45, 2.75) is 0 Å². The number of imidazole rings is 1. The summed E-state index contributed by atoms with van der Waals surface area (Å²) in [5, 5.41) is 2.67. The van der Waals surface area contributed by atoms with E-state index in [9.17, 15) is 0 Å². The summed E-state index contributed by atoms with van der Waals surface area (Å²) in [6.07, 6.45) is 1.83. The van der Waals surface area contributed by atoms with Gasteiger partial charge in [0.05, 0.1) is 4.88 Å². The summed E-state index contributed by atoms with van der Waals surface area (Å²) in [5.74, 6) is 0.647. The van der Waals surface area contributed by atoms with E-state index < -0.39 is 0 Å².